The van der Waals surface area contributed by atoms with E-state index in [1.807, 2.05) is 29.0 Å². The van der Waals surface area contributed by atoms with Crippen LogP contribution < -0.4 is 10.9 Å². The van der Waals surface area contributed by atoms with E-state index < -0.39 is 17.6 Å². The summed E-state index contributed by atoms with van der Waals surface area (Å²) >= 11 is 2.80. The fourth-order valence-corrected chi connectivity index (χ4v) is 3.75. The third kappa shape index (κ3) is 4.72. The van der Waals surface area contributed by atoms with Crippen molar-refractivity contribution in [1.29, 1.82) is 0 Å². The lowest BCUT2D eigenvalue weighted by Crippen LogP contribution is -2.42. The molecule has 0 unspecified atom stereocenters. The molecule has 7 nitrogen and oxygen atoms in total. The van der Waals surface area contributed by atoms with Gasteiger partial charge in [0.25, 0.3) is 5.91 Å². The van der Waals surface area contributed by atoms with Gasteiger partial charge in [-0.25, -0.2) is 4.39 Å². The van der Waals surface area contributed by atoms with Crippen LogP contribution >= 0.6 is 23.1 Å². The first kappa shape index (κ1) is 19.1. The SMILES string of the molecule is CCn1c(SCC(=O)NNC(=O)c2ccc(F)cc2)nnc1-c1cccs1. The number of amides is 2. The zero-order valence-corrected chi connectivity index (χ0v) is 15.9. The summed E-state index contributed by atoms with van der Waals surface area (Å²) in [6, 6.07) is 8.93. The molecule has 27 heavy (non-hydrogen) atoms. The van der Waals surface area contributed by atoms with Gasteiger partial charge in [-0.3, -0.25) is 20.4 Å². The van der Waals surface area contributed by atoms with Crippen molar-refractivity contribution in [3.05, 3.63) is 53.2 Å². The van der Waals surface area contributed by atoms with Gasteiger partial charge in [-0.1, -0.05) is 17.8 Å². The molecule has 2 aromatic heterocycles. The topological polar surface area (TPSA) is 88.9 Å². The predicted octanol–water partition coefficient (Wildman–Crippen LogP) is 2.72. The molecule has 2 heterocycles. The number of thioether (sulfide) groups is 1. The molecular weight excluding hydrogens is 389 g/mol. The summed E-state index contributed by atoms with van der Waals surface area (Å²) in [5, 5.41) is 10.9. The Balaban J connectivity index is 1.53. The van der Waals surface area contributed by atoms with Gasteiger partial charge in [0, 0.05) is 12.1 Å². The second kappa shape index (κ2) is 8.78. The molecule has 3 aromatic rings. The number of hydrogen-bond donors (Lipinski definition) is 2. The minimum Gasteiger partial charge on any atom is -0.302 e. The van der Waals surface area contributed by atoms with E-state index in [9.17, 15) is 14.0 Å². The Morgan fingerprint density at radius 3 is 2.63 bits per heavy atom. The first-order valence-electron chi connectivity index (χ1n) is 8.03. The van der Waals surface area contributed by atoms with Crippen molar-refractivity contribution in [2.75, 3.05) is 5.75 Å². The lowest BCUT2D eigenvalue weighted by Gasteiger charge is -2.08. The second-order valence-electron chi connectivity index (χ2n) is 5.33. The summed E-state index contributed by atoms with van der Waals surface area (Å²) in [5.41, 5.74) is 4.87. The maximum absolute atomic E-state index is 12.9. The van der Waals surface area contributed by atoms with Gasteiger partial charge in [-0.05, 0) is 42.6 Å². The summed E-state index contributed by atoms with van der Waals surface area (Å²) in [4.78, 5) is 24.9. The number of carbonyl (C=O) groups is 2. The van der Waals surface area contributed by atoms with Crippen molar-refractivity contribution in [3.8, 4) is 10.7 Å². The third-order valence-corrected chi connectivity index (χ3v) is 5.36. The Bertz CT molecular complexity index is 925. The fraction of sp³-hybridized carbons (Fsp3) is 0.176. The molecule has 0 radical (unpaired) electrons. The predicted molar refractivity (Wildman–Crippen MR) is 102 cm³/mol. The molecule has 0 saturated heterocycles. The molecule has 140 valence electrons. The molecule has 10 heteroatoms. The van der Waals surface area contributed by atoms with Crippen LogP contribution in [-0.4, -0.2) is 32.3 Å². The molecular formula is C17H16FN5O2S2. The molecule has 2 amide bonds. The fourth-order valence-electron chi connectivity index (χ4n) is 2.23. The highest BCUT2D eigenvalue weighted by atomic mass is 32.2. The summed E-state index contributed by atoms with van der Waals surface area (Å²) in [7, 11) is 0. The van der Waals surface area contributed by atoms with Crippen LogP contribution in [0.2, 0.25) is 0 Å². The maximum Gasteiger partial charge on any atom is 0.269 e. The minimum absolute atomic E-state index is 0.0618. The minimum atomic E-state index is -0.523. The van der Waals surface area contributed by atoms with E-state index in [0.717, 1.165) is 10.7 Å². The highest BCUT2D eigenvalue weighted by Gasteiger charge is 2.15. The molecule has 0 fully saturated rings. The van der Waals surface area contributed by atoms with Crippen LogP contribution in [-0.2, 0) is 11.3 Å². The number of benzene rings is 1. The van der Waals surface area contributed by atoms with Crippen molar-refractivity contribution in [2.45, 2.75) is 18.6 Å². The Labute approximate surface area is 163 Å². The lowest BCUT2D eigenvalue weighted by molar-refractivity contribution is -0.119. The number of rotatable bonds is 6. The molecule has 0 aliphatic heterocycles. The van der Waals surface area contributed by atoms with Gasteiger partial charge in [0.05, 0.1) is 10.6 Å². The zero-order chi connectivity index (χ0) is 19.2. The molecule has 2 N–H and O–H groups in total. The molecule has 0 saturated carbocycles. The second-order valence-corrected chi connectivity index (χ2v) is 7.22. The number of aromatic nitrogens is 3. The van der Waals surface area contributed by atoms with Crippen LogP contribution in [0.25, 0.3) is 10.7 Å². The van der Waals surface area contributed by atoms with Gasteiger partial charge in [-0.15, -0.1) is 21.5 Å². The molecule has 0 aliphatic carbocycles. The van der Waals surface area contributed by atoms with E-state index >= 15 is 0 Å². The van der Waals surface area contributed by atoms with Crippen molar-refractivity contribution in [1.82, 2.24) is 25.6 Å². The Kier molecular flexibility index (Phi) is 6.20. The van der Waals surface area contributed by atoms with E-state index in [-0.39, 0.29) is 11.3 Å². The van der Waals surface area contributed by atoms with E-state index in [1.165, 1.54) is 36.0 Å². The maximum atomic E-state index is 12.9. The van der Waals surface area contributed by atoms with Crippen LogP contribution in [0.15, 0.2) is 46.9 Å². The van der Waals surface area contributed by atoms with Crippen LogP contribution in [0, 0.1) is 5.82 Å². The van der Waals surface area contributed by atoms with Crippen molar-refractivity contribution < 1.29 is 14.0 Å². The van der Waals surface area contributed by atoms with Crippen LogP contribution in [0.1, 0.15) is 17.3 Å². The highest BCUT2D eigenvalue weighted by molar-refractivity contribution is 7.99. The van der Waals surface area contributed by atoms with Crippen LogP contribution in [0.3, 0.4) is 0 Å². The average Bonchev–Trinajstić information content (AvgIpc) is 3.33. The van der Waals surface area contributed by atoms with Gasteiger partial charge in [0.2, 0.25) is 5.91 Å². The standard InChI is InChI=1S/C17H16FN5O2S2/c1-2-23-15(13-4-3-9-26-13)20-22-17(23)27-10-14(24)19-21-16(25)11-5-7-12(18)8-6-11/h3-9H,2,10H2,1H3,(H,19,24)(H,21,25). The number of halogens is 1. The quantitative estimate of drug-likeness (QED) is 0.486. The van der Waals surface area contributed by atoms with Gasteiger partial charge >= 0.3 is 0 Å². The number of nitrogens with zero attached hydrogens (tertiary/aromatic N) is 3. The number of thiophene rings is 1. The number of carbonyl (C=O) groups excluding carboxylic acids is 2. The molecule has 0 spiro atoms. The smallest absolute Gasteiger partial charge is 0.269 e. The average molecular weight is 405 g/mol. The van der Waals surface area contributed by atoms with Crippen molar-refractivity contribution in [3.63, 3.8) is 0 Å². The van der Waals surface area contributed by atoms with Gasteiger partial charge in [-0.2, -0.15) is 0 Å². The largest absolute Gasteiger partial charge is 0.302 e. The van der Waals surface area contributed by atoms with Crippen LogP contribution in [0.5, 0.6) is 0 Å². The molecule has 0 aliphatic rings. The summed E-state index contributed by atoms with van der Waals surface area (Å²) in [6.45, 7) is 2.65. The third-order valence-electron chi connectivity index (χ3n) is 3.53. The van der Waals surface area contributed by atoms with E-state index in [2.05, 4.69) is 21.0 Å². The Morgan fingerprint density at radius 2 is 1.96 bits per heavy atom. The van der Waals surface area contributed by atoms with Gasteiger partial charge in [0.15, 0.2) is 11.0 Å². The van der Waals surface area contributed by atoms with E-state index in [1.54, 1.807) is 11.3 Å². The molecule has 3 rings (SSSR count). The summed E-state index contributed by atoms with van der Waals surface area (Å²) < 4.78 is 14.8. The van der Waals surface area contributed by atoms with Gasteiger partial charge in [0.1, 0.15) is 5.82 Å². The molecule has 0 atom stereocenters. The zero-order valence-electron chi connectivity index (χ0n) is 14.3. The Morgan fingerprint density at radius 1 is 1.19 bits per heavy atom. The van der Waals surface area contributed by atoms with Crippen molar-refractivity contribution in [2.24, 2.45) is 0 Å². The normalized spacial score (nSPS) is 10.6. The number of nitrogens with one attached hydrogen (secondary N) is 2. The first-order valence-corrected chi connectivity index (χ1v) is 9.89. The van der Waals surface area contributed by atoms with E-state index in [4.69, 9.17) is 0 Å². The van der Waals surface area contributed by atoms with Gasteiger partial charge < -0.3 is 4.57 Å². The van der Waals surface area contributed by atoms with Crippen LogP contribution in [0.4, 0.5) is 4.39 Å². The van der Waals surface area contributed by atoms with E-state index in [0.29, 0.717) is 11.7 Å². The molecule has 1 aromatic carbocycles. The lowest BCUT2D eigenvalue weighted by atomic mass is 10.2. The van der Waals surface area contributed by atoms with Crippen molar-refractivity contribution >= 4 is 34.9 Å². The summed E-state index contributed by atoms with van der Waals surface area (Å²) in [5.74, 6) is -0.524. The highest BCUT2D eigenvalue weighted by Crippen LogP contribution is 2.26. The number of hydrazine groups is 1. The number of hydrogen-bond acceptors (Lipinski definition) is 6. The monoisotopic (exact) mass is 405 g/mol. The first-order chi connectivity index (χ1) is 13.1. The Hall–Kier alpha value is -2.72. The summed E-state index contributed by atoms with van der Waals surface area (Å²) in [6.07, 6.45) is 0. The molecule has 0 bridgehead atoms.